The molecule has 2 aromatic heterocycles. The summed E-state index contributed by atoms with van der Waals surface area (Å²) in [5.41, 5.74) is 2.23. The van der Waals surface area contributed by atoms with Crippen molar-refractivity contribution in [3.8, 4) is 11.8 Å². The molecule has 10 nitrogen and oxygen atoms in total. The minimum absolute atomic E-state index is 0.00406. The van der Waals surface area contributed by atoms with Gasteiger partial charge in [0.25, 0.3) is 0 Å². The Morgan fingerprint density at radius 2 is 2.04 bits per heavy atom. The number of fused-ring (bicyclic) bond motifs is 3. The summed E-state index contributed by atoms with van der Waals surface area (Å²) in [5.74, 6) is 0.553. The van der Waals surface area contributed by atoms with Gasteiger partial charge >= 0.3 is 6.01 Å². The Labute approximate surface area is 274 Å². The quantitative estimate of drug-likeness (QED) is 0.298. The summed E-state index contributed by atoms with van der Waals surface area (Å²) >= 11 is 3.45. The number of anilines is 2. The van der Waals surface area contributed by atoms with E-state index in [1.807, 2.05) is 16.9 Å². The Bertz CT molecular complexity index is 1760. The number of ether oxygens (including phenoxy) is 2. The first-order chi connectivity index (χ1) is 22.4. The van der Waals surface area contributed by atoms with Gasteiger partial charge in [-0.25, -0.2) is 8.78 Å². The Hall–Kier alpha value is -3.55. The first-order valence-electron chi connectivity index (χ1n) is 16.0. The number of hydrogen-bond donors (Lipinski definition) is 1. The number of alkyl halides is 1. The number of phenolic OH excluding ortho intramolecular Hbond substituents is 1. The average molecular weight is 697 g/mol. The Morgan fingerprint density at radius 3 is 2.91 bits per heavy atom. The summed E-state index contributed by atoms with van der Waals surface area (Å²) in [5, 5.41) is 16.5. The molecular weight excluding hydrogens is 660 g/mol. The highest BCUT2D eigenvalue weighted by Gasteiger charge is 2.49. The summed E-state index contributed by atoms with van der Waals surface area (Å²) in [4.78, 5) is 16.6. The van der Waals surface area contributed by atoms with Crippen molar-refractivity contribution in [3.05, 3.63) is 64.3 Å². The highest BCUT2D eigenvalue weighted by Crippen LogP contribution is 2.42. The van der Waals surface area contributed by atoms with E-state index in [1.165, 1.54) is 6.07 Å². The van der Waals surface area contributed by atoms with Gasteiger partial charge in [-0.2, -0.15) is 15.1 Å². The van der Waals surface area contributed by atoms with Crippen LogP contribution in [0.4, 0.5) is 20.3 Å². The molecule has 242 valence electrons. The van der Waals surface area contributed by atoms with Gasteiger partial charge in [0.1, 0.15) is 30.2 Å². The SMILES string of the molecule is Oc1cc(N2CCc3c(nc(OC[C@@]45CCCN4C[C@H](F)C5)nc3N3CCOCC(n4cccn4)C3)C2)c2c(Br)c(F)ccc2c1. The van der Waals surface area contributed by atoms with Gasteiger partial charge < -0.3 is 24.4 Å². The second-order valence-electron chi connectivity index (χ2n) is 12.9. The molecule has 4 aromatic rings. The number of nitrogens with zero attached hydrogens (tertiary/aromatic N) is 7. The van der Waals surface area contributed by atoms with Crippen molar-refractivity contribution < 1.29 is 23.4 Å². The fourth-order valence-electron chi connectivity index (χ4n) is 7.82. The molecule has 4 aliphatic heterocycles. The van der Waals surface area contributed by atoms with E-state index in [0.717, 1.165) is 47.5 Å². The third kappa shape index (κ3) is 5.35. The average Bonchev–Trinajstić information content (AvgIpc) is 3.73. The van der Waals surface area contributed by atoms with Gasteiger partial charge in [-0.15, -0.1) is 0 Å². The number of rotatable bonds is 6. The van der Waals surface area contributed by atoms with E-state index >= 15 is 0 Å². The molecule has 0 amide bonds. The molecule has 1 N–H and O–H groups in total. The predicted molar refractivity (Wildman–Crippen MR) is 173 cm³/mol. The largest absolute Gasteiger partial charge is 0.508 e. The van der Waals surface area contributed by atoms with Crippen LogP contribution in [-0.4, -0.2) is 94.0 Å². The lowest BCUT2D eigenvalue weighted by Crippen LogP contribution is -2.43. The van der Waals surface area contributed by atoms with Gasteiger partial charge in [-0.05, 0) is 65.3 Å². The van der Waals surface area contributed by atoms with Crippen LogP contribution in [0, 0.1) is 5.82 Å². The molecular formula is C33H36BrF2N7O3. The summed E-state index contributed by atoms with van der Waals surface area (Å²) in [6.45, 7) is 5.08. The van der Waals surface area contributed by atoms with Gasteiger partial charge in [-0.1, -0.05) is 6.07 Å². The highest BCUT2D eigenvalue weighted by atomic mass is 79.9. The van der Waals surface area contributed by atoms with Crippen LogP contribution in [-0.2, 0) is 17.7 Å². The molecule has 0 radical (unpaired) electrons. The summed E-state index contributed by atoms with van der Waals surface area (Å²) in [7, 11) is 0. The molecule has 0 saturated carbocycles. The molecule has 0 spiro atoms. The normalized spacial score (nSPS) is 25.1. The van der Waals surface area contributed by atoms with Crippen LogP contribution in [0.15, 0.2) is 47.2 Å². The van der Waals surface area contributed by atoms with E-state index in [2.05, 4.69) is 35.7 Å². The van der Waals surface area contributed by atoms with E-state index < -0.39 is 6.17 Å². The molecule has 2 aromatic carbocycles. The maximum atomic E-state index is 14.7. The standard InChI is InChI=1S/C33H36BrF2N7O3/c34-30-26(36)4-3-21-13-24(44)14-28(29(21)30)40-10-5-25-27(18-40)38-32(46-20-33-6-1-8-42(33)16-22(35)15-33)39-31(25)41-11-12-45-19-23(17-41)43-9-2-7-37-43/h2-4,7,9,13-14,22-23,44H,1,5-6,8,10-12,15-20H2/t22-,23?,33+/m1/s1. The minimum atomic E-state index is -0.852. The summed E-state index contributed by atoms with van der Waals surface area (Å²) in [6.07, 6.45) is 5.89. The molecule has 3 fully saturated rings. The molecule has 0 aliphatic carbocycles. The first-order valence-corrected chi connectivity index (χ1v) is 16.8. The lowest BCUT2D eigenvalue weighted by Gasteiger charge is -2.35. The molecule has 4 aliphatic rings. The molecule has 3 atom stereocenters. The molecule has 0 bridgehead atoms. The van der Waals surface area contributed by atoms with Crippen molar-refractivity contribution in [1.82, 2.24) is 24.6 Å². The molecule has 13 heteroatoms. The van der Waals surface area contributed by atoms with E-state index in [-0.39, 0.29) is 29.2 Å². The predicted octanol–water partition coefficient (Wildman–Crippen LogP) is 5.03. The van der Waals surface area contributed by atoms with Gasteiger partial charge in [0.05, 0.1) is 41.5 Å². The Balaban J connectivity index is 1.17. The van der Waals surface area contributed by atoms with Gasteiger partial charge in [-0.3, -0.25) is 9.58 Å². The molecule has 46 heavy (non-hydrogen) atoms. The number of aromatic hydroxyl groups is 1. The fourth-order valence-corrected chi connectivity index (χ4v) is 8.38. The van der Waals surface area contributed by atoms with Crippen molar-refractivity contribution in [1.29, 1.82) is 0 Å². The minimum Gasteiger partial charge on any atom is -0.508 e. The van der Waals surface area contributed by atoms with Crippen LogP contribution < -0.4 is 14.5 Å². The third-order valence-electron chi connectivity index (χ3n) is 10.0. The van der Waals surface area contributed by atoms with E-state index in [9.17, 15) is 13.9 Å². The first kappa shape index (κ1) is 29.8. The van der Waals surface area contributed by atoms with Crippen molar-refractivity contribution in [2.24, 2.45) is 0 Å². The number of hydrogen-bond acceptors (Lipinski definition) is 9. The summed E-state index contributed by atoms with van der Waals surface area (Å²) in [6, 6.07) is 8.58. The van der Waals surface area contributed by atoms with Crippen LogP contribution >= 0.6 is 15.9 Å². The maximum Gasteiger partial charge on any atom is 0.318 e. The van der Waals surface area contributed by atoms with Gasteiger partial charge in [0, 0.05) is 67.7 Å². The number of aromatic nitrogens is 4. The van der Waals surface area contributed by atoms with Crippen molar-refractivity contribution in [2.75, 3.05) is 62.3 Å². The number of halogens is 3. The van der Waals surface area contributed by atoms with Crippen LogP contribution in [0.5, 0.6) is 11.8 Å². The van der Waals surface area contributed by atoms with Crippen molar-refractivity contribution in [3.63, 3.8) is 0 Å². The van der Waals surface area contributed by atoms with Crippen molar-refractivity contribution in [2.45, 2.75) is 50.0 Å². The Morgan fingerprint density at radius 1 is 1.13 bits per heavy atom. The van der Waals surface area contributed by atoms with Crippen LogP contribution in [0.1, 0.15) is 36.6 Å². The lowest BCUT2D eigenvalue weighted by molar-refractivity contribution is 0.107. The van der Waals surface area contributed by atoms with Crippen molar-refractivity contribution >= 4 is 38.2 Å². The molecule has 8 rings (SSSR count). The topological polar surface area (TPSA) is 92.0 Å². The zero-order valence-corrected chi connectivity index (χ0v) is 27.0. The van der Waals surface area contributed by atoms with Crippen LogP contribution in [0.25, 0.3) is 10.8 Å². The molecule has 3 saturated heterocycles. The lowest BCUT2D eigenvalue weighted by atomic mass is 9.95. The van der Waals surface area contributed by atoms with Crippen LogP contribution in [0.2, 0.25) is 0 Å². The van der Waals surface area contributed by atoms with Gasteiger partial charge in [0.15, 0.2) is 0 Å². The van der Waals surface area contributed by atoms with E-state index in [4.69, 9.17) is 19.4 Å². The molecule has 6 heterocycles. The monoisotopic (exact) mass is 695 g/mol. The number of phenols is 1. The second kappa shape index (κ2) is 11.9. The van der Waals surface area contributed by atoms with E-state index in [0.29, 0.717) is 75.2 Å². The summed E-state index contributed by atoms with van der Waals surface area (Å²) < 4.78 is 44.0. The third-order valence-corrected chi connectivity index (χ3v) is 10.8. The Kier molecular flexibility index (Phi) is 7.72. The van der Waals surface area contributed by atoms with Crippen LogP contribution in [0.3, 0.4) is 0 Å². The maximum absolute atomic E-state index is 14.7. The second-order valence-corrected chi connectivity index (χ2v) is 13.7. The smallest absolute Gasteiger partial charge is 0.318 e. The highest BCUT2D eigenvalue weighted by molar-refractivity contribution is 9.10. The fraction of sp³-hybridized carbons (Fsp3) is 0.485. The van der Waals surface area contributed by atoms with Gasteiger partial charge in [0.2, 0.25) is 0 Å². The number of benzene rings is 2. The zero-order valence-electron chi connectivity index (χ0n) is 25.4. The zero-order chi connectivity index (χ0) is 31.4. The van der Waals surface area contributed by atoms with E-state index in [1.54, 1.807) is 24.4 Å². The molecule has 1 unspecified atom stereocenters.